The summed E-state index contributed by atoms with van der Waals surface area (Å²) in [6, 6.07) is 8.58. The SMILES string of the molecule is O=[N+]([O-])c1ccc(NCc2cn3cc(Cl)ccc3n2)c2ccncc12. The summed E-state index contributed by atoms with van der Waals surface area (Å²) < 4.78 is 1.86. The average Bonchev–Trinajstić information content (AvgIpc) is 3.01. The van der Waals surface area contributed by atoms with Gasteiger partial charge < -0.3 is 9.72 Å². The van der Waals surface area contributed by atoms with Gasteiger partial charge in [-0.05, 0) is 24.3 Å². The molecule has 0 bridgehead atoms. The number of pyridine rings is 2. The Labute approximate surface area is 147 Å². The molecular formula is C17H12ClN5O2. The van der Waals surface area contributed by atoms with E-state index in [0.717, 1.165) is 22.4 Å². The third-order valence-electron chi connectivity index (χ3n) is 3.92. The number of non-ortho nitro benzene ring substituents is 1. The Balaban J connectivity index is 1.66. The average molecular weight is 354 g/mol. The lowest BCUT2D eigenvalue weighted by atomic mass is 10.1. The van der Waals surface area contributed by atoms with Gasteiger partial charge in [0, 0.05) is 41.9 Å². The van der Waals surface area contributed by atoms with Crippen LogP contribution in [0.5, 0.6) is 0 Å². The van der Waals surface area contributed by atoms with Crippen molar-refractivity contribution in [1.82, 2.24) is 14.4 Å². The zero-order valence-electron chi connectivity index (χ0n) is 12.9. The molecule has 124 valence electrons. The summed E-state index contributed by atoms with van der Waals surface area (Å²) in [5, 5.41) is 16.3. The van der Waals surface area contributed by atoms with E-state index < -0.39 is 4.92 Å². The number of hydrogen-bond acceptors (Lipinski definition) is 5. The maximum absolute atomic E-state index is 11.2. The van der Waals surface area contributed by atoms with Crippen LogP contribution in [0, 0.1) is 10.1 Å². The van der Waals surface area contributed by atoms with Crippen LogP contribution in [0.3, 0.4) is 0 Å². The van der Waals surface area contributed by atoms with Crippen molar-refractivity contribution < 1.29 is 4.92 Å². The highest BCUT2D eigenvalue weighted by atomic mass is 35.5. The van der Waals surface area contributed by atoms with Crippen LogP contribution in [0.15, 0.2) is 55.1 Å². The lowest BCUT2D eigenvalue weighted by molar-refractivity contribution is -0.383. The molecule has 0 radical (unpaired) electrons. The van der Waals surface area contributed by atoms with Gasteiger partial charge in [0.05, 0.1) is 27.6 Å². The number of nitrogens with one attached hydrogen (secondary N) is 1. The minimum atomic E-state index is -0.403. The Bertz CT molecular complexity index is 1110. The van der Waals surface area contributed by atoms with Gasteiger partial charge in [-0.3, -0.25) is 15.1 Å². The highest BCUT2D eigenvalue weighted by Crippen LogP contribution is 2.30. The highest BCUT2D eigenvalue weighted by molar-refractivity contribution is 6.30. The first-order valence-electron chi connectivity index (χ1n) is 7.50. The van der Waals surface area contributed by atoms with E-state index in [-0.39, 0.29) is 5.69 Å². The van der Waals surface area contributed by atoms with Crippen molar-refractivity contribution >= 4 is 39.4 Å². The molecule has 3 heterocycles. The van der Waals surface area contributed by atoms with Gasteiger partial charge in [-0.1, -0.05) is 11.6 Å². The van der Waals surface area contributed by atoms with E-state index in [1.807, 2.05) is 16.7 Å². The molecule has 7 nitrogen and oxygen atoms in total. The number of fused-ring (bicyclic) bond motifs is 2. The van der Waals surface area contributed by atoms with Crippen molar-refractivity contribution in [3.8, 4) is 0 Å². The van der Waals surface area contributed by atoms with Crippen LogP contribution in [0.25, 0.3) is 16.4 Å². The fourth-order valence-electron chi connectivity index (χ4n) is 2.78. The van der Waals surface area contributed by atoms with E-state index in [4.69, 9.17) is 11.6 Å². The molecule has 0 aliphatic carbocycles. The second kappa shape index (κ2) is 6.03. The molecule has 0 saturated carbocycles. The summed E-state index contributed by atoms with van der Waals surface area (Å²) in [5.41, 5.74) is 2.47. The van der Waals surface area contributed by atoms with E-state index in [1.165, 1.54) is 12.3 Å². The summed E-state index contributed by atoms with van der Waals surface area (Å²) >= 11 is 5.98. The molecule has 8 heteroatoms. The van der Waals surface area contributed by atoms with Crippen molar-refractivity contribution in [2.24, 2.45) is 0 Å². The normalized spacial score (nSPS) is 11.1. The van der Waals surface area contributed by atoms with Crippen LogP contribution in [0.2, 0.25) is 5.02 Å². The van der Waals surface area contributed by atoms with Crippen molar-refractivity contribution in [2.45, 2.75) is 6.54 Å². The molecule has 0 atom stereocenters. The van der Waals surface area contributed by atoms with Gasteiger partial charge in [-0.25, -0.2) is 4.98 Å². The molecule has 1 N–H and O–H groups in total. The third-order valence-corrected chi connectivity index (χ3v) is 4.14. The first kappa shape index (κ1) is 15.3. The standard InChI is InChI=1S/C17H12ClN5O2/c18-11-1-4-17-21-12(10-22(17)9-11)7-20-15-2-3-16(23(24)25)14-8-19-6-5-13(14)15/h1-6,8-10,20H,7H2. The summed E-state index contributed by atoms with van der Waals surface area (Å²) in [6.45, 7) is 0.481. The Hall–Kier alpha value is -3.19. The van der Waals surface area contributed by atoms with Crippen LogP contribution in [0.1, 0.15) is 5.69 Å². The molecule has 0 unspecified atom stereocenters. The monoisotopic (exact) mass is 353 g/mol. The van der Waals surface area contributed by atoms with E-state index in [2.05, 4.69) is 15.3 Å². The maximum atomic E-state index is 11.2. The van der Waals surface area contributed by atoms with Crippen LogP contribution >= 0.6 is 11.6 Å². The first-order valence-corrected chi connectivity index (χ1v) is 7.88. The van der Waals surface area contributed by atoms with E-state index in [9.17, 15) is 10.1 Å². The van der Waals surface area contributed by atoms with E-state index >= 15 is 0 Å². The second-order valence-corrected chi connectivity index (χ2v) is 5.95. The van der Waals surface area contributed by atoms with Crippen LogP contribution in [-0.4, -0.2) is 19.3 Å². The van der Waals surface area contributed by atoms with Crippen molar-refractivity contribution in [3.63, 3.8) is 0 Å². The predicted octanol–water partition coefficient (Wildman–Crippen LogP) is 4.06. The van der Waals surface area contributed by atoms with E-state index in [1.54, 1.807) is 30.6 Å². The first-order chi connectivity index (χ1) is 12.1. The number of anilines is 1. The van der Waals surface area contributed by atoms with Crippen LogP contribution in [-0.2, 0) is 6.54 Å². The number of benzene rings is 1. The topological polar surface area (TPSA) is 85.4 Å². The van der Waals surface area contributed by atoms with Gasteiger partial charge >= 0.3 is 0 Å². The molecule has 0 spiro atoms. The zero-order chi connectivity index (χ0) is 17.4. The van der Waals surface area contributed by atoms with Gasteiger partial charge in [0.1, 0.15) is 5.65 Å². The molecule has 1 aromatic carbocycles. The quantitative estimate of drug-likeness (QED) is 0.441. The molecule has 4 rings (SSSR count). The van der Waals surface area contributed by atoms with Crippen molar-refractivity contribution in [2.75, 3.05) is 5.32 Å². The van der Waals surface area contributed by atoms with Gasteiger partial charge in [-0.2, -0.15) is 0 Å². The summed E-state index contributed by atoms with van der Waals surface area (Å²) in [4.78, 5) is 19.3. The Morgan fingerprint density at radius 2 is 2.04 bits per heavy atom. The zero-order valence-corrected chi connectivity index (χ0v) is 13.6. The highest BCUT2D eigenvalue weighted by Gasteiger charge is 2.14. The number of nitrogens with zero attached hydrogens (tertiary/aromatic N) is 4. The van der Waals surface area contributed by atoms with Gasteiger partial charge in [0.2, 0.25) is 0 Å². The number of hydrogen-bond donors (Lipinski definition) is 1. The molecule has 0 aliphatic rings. The van der Waals surface area contributed by atoms with Gasteiger partial charge in [-0.15, -0.1) is 0 Å². The summed E-state index contributed by atoms with van der Waals surface area (Å²) in [7, 11) is 0. The number of halogens is 1. The maximum Gasteiger partial charge on any atom is 0.278 e. The second-order valence-electron chi connectivity index (χ2n) is 5.51. The lowest BCUT2D eigenvalue weighted by Crippen LogP contribution is -2.01. The molecule has 25 heavy (non-hydrogen) atoms. The van der Waals surface area contributed by atoms with Gasteiger partial charge in [0.25, 0.3) is 5.69 Å². The fourth-order valence-corrected chi connectivity index (χ4v) is 2.94. The Morgan fingerprint density at radius 3 is 2.88 bits per heavy atom. The number of imidazole rings is 1. The van der Waals surface area contributed by atoms with Crippen LogP contribution < -0.4 is 5.32 Å². The molecular weight excluding hydrogens is 342 g/mol. The summed E-state index contributed by atoms with van der Waals surface area (Å²) in [5.74, 6) is 0. The fraction of sp³-hybridized carbons (Fsp3) is 0.0588. The summed E-state index contributed by atoms with van der Waals surface area (Å²) in [6.07, 6.45) is 6.80. The number of rotatable bonds is 4. The minimum Gasteiger partial charge on any atom is -0.379 e. The third kappa shape index (κ3) is 2.85. The van der Waals surface area contributed by atoms with Gasteiger partial charge in [0.15, 0.2) is 0 Å². The molecule has 0 amide bonds. The van der Waals surface area contributed by atoms with Crippen molar-refractivity contribution in [1.29, 1.82) is 0 Å². The van der Waals surface area contributed by atoms with E-state index in [0.29, 0.717) is 17.0 Å². The number of nitro groups is 1. The molecule has 4 aromatic rings. The Kier molecular flexibility index (Phi) is 3.70. The lowest BCUT2D eigenvalue weighted by Gasteiger charge is -2.08. The number of nitro benzene ring substituents is 1. The Morgan fingerprint density at radius 1 is 1.16 bits per heavy atom. The predicted molar refractivity (Wildman–Crippen MR) is 95.9 cm³/mol. The number of aromatic nitrogens is 3. The molecule has 3 aromatic heterocycles. The van der Waals surface area contributed by atoms with Crippen LogP contribution in [0.4, 0.5) is 11.4 Å². The largest absolute Gasteiger partial charge is 0.379 e. The molecule has 0 aliphatic heterocycles. The smallest absolute Gasteiger partial charge is 0.278 e. The van der Waals surface area contributed by atoms with Crippen molar-refractivity contribution in [3.05, 3.63) is 76.0 Å². The minimum absolute atomic E-state index is 0.0380. The molecule has 0 saturated heterocycles. The molecule has 0 fully saturated rings.